The highest BCUT2D eigenvalue weighted by Gasteiger charge is 2.16. The van der Waals surface area contributed by atoms with Gasteiger partial charge in [-0.2, -0.15) is 10.2 Å². The first-order chi connectivity index (χ1) is 13.1. The lowest BCUT2D eigenvalue weighted by Crippen LogP contribution is -2.19. The summed E-state index contributed by atoms with van der Waals surface area (Å²) in [5.74, 6) is 0.436. The van der Waals surface area contributed by atoms with Crippen molar-refractivity contribution in [1.82, 2.24) is 15.6 Å². The number of nitrogens with one attached hydrogen (secondary N) is 2. The van der Waals surface area contributed by atoms with Crippen molar-refractivity contribution in [3.05, 3.63) is 70.4 Å². The highest BCUT2D eigenvalue weighted by Crippen LogP contribution is 2.25. The topological polar surface area (TPSA) is 79.4 Å². The molecule has 2 N–H and O–H groups in total. The minimum absolute atomic E-state index is 0.359. The van der Waals surface area contributed by atoms with E-state index in [1.807, 2.05) is 50.2 Å². The molecule has 0 atom stereocenters. The van der Waals surface area contributed by atoms with Gasteiger partial charge in [-0.1, -0.05) is 23.7 Å². The lowest BCUT2D eigenvalue weighted by Gasteiger charge is -2.04. The highest BCUT2D eigenvalue weighted by molar-refractivity contribution is 6.30. The Bertz CT molecular complexity index is 947. The van der Waals surface area contributed by atoms with E-state index in [0.717, 1.165) is 22.4 Å². The molecule has 138 valence electrons. The van der Waals surface area contributed by atoms with Gasteiger partial charge < -0.3 is 4.74 Å². The van der Waals surface area contributed by atoms with E-state index in [0.29, 0.717) is 23.0 Å². The van der Waals surface area contributed by atoms with Gasteiger partial charge in [-0.25, -0.2) is 5.43 Å². The Balaban J connectivity index is 1.70. The molecular formula is C20H19ClN4O2. The fourth-order valence-electron chi connectivity index (χ4n) is 2.55. The second kappa shape index (κ2) is 8.51. The first-order valence-electron chi connectivity index (χ1n) is 8.45. The number of ether oxygens (including phenoxy) is 1. The molecule has 27 heavy (non-hydrogen) atoms. The van der Waals surface area contributed by atoms with Crippen LogP contribution in [-0.2, 0) is 0 Å². The fraction of sp³-hybridized carbons (Fsp3) is 0.150. The Morgan fingerprint density at radius 3 is 2.59 bits per heavy atom. The largest absolute Gasteiger partial charge is 0.494 e. The van der Waals surface area contributed by atoms with Gasteiger partial charge in [0.1, 0.15) is 11.4 Å². The molecule has 1 aromatic heterocycles. The number of H-pyrrole nitrogens is 1. The van der Waals surface area contributed by atoms with E-state index in [2.05, 4.69) is 20.7 Å². The fourth-order valence-corrected chi connectivity index (χ4v) is 2.67. The van der Waals surface area contributed by atoms with E-state index >= 15 is 0 Å². The molecule has 1 amide bonds. The van der Waals surface area contributed by atoms with Crippen LogP contribution in [0.2, 0.25) is 5.02 Å². The standard InChI is InChI=1S/C20H19ClN4O2/c1-3-27-17-10-6-15(7-11-17)18-13(2)19(24-23-18)20(26)25-22-12-14-4-8-16(21)9-5-14/h4-12H,3H2,1-2H3,(H,23,24)(H,25,26)/b22-12+. The summed E-state index contributed by atoms with van der Waals surface area (Å²) in [5, 5.41) is 11.7. The molecule has 1 heterocycles. The number of nitrogens with zero attached hydrogens (tertiary/aromatic N) is 2. The predicted octanol–water partition coefficient (Wildman–Crippen LogP) is 4.20. The number of hydrogen-bond acceptors (Lipinski definition) is 4. The monoisotopic (exact) mass is 382 g/mol. The molecule has 3 aromatic rings. The Hall–Kier alpha value is -3.12. The number of hydrogen-bond donors (Lipinski definition) is 2. The molecule has 2 aromatic carbocycles. The van der Waals surface area contributed by atoms with E-state index in [9.17, 15) is 4.79 Å². The van der Waals surface area contributed by atoms with Crippen LogP contribution >= 0.6 is 11.6 Å². The van der Waals surface area contributed by atoms with Crippen LogP contribution in [0.15, 0.2) is 53.6 Å². The van der Waals surface area contributed by atoms with Crippen LogP contribution in [0, 0.1) is 6.92 Å². The number of rotatable bonds is 6. The number of amides is 1. The van der Waals surface area contributed by atoms with Crippen LogP contribution in [0.4, 0.5) is 0 Å². The number of aromatic nitrogens is 2. The minimum Gasteiger partial charge on any atom is -0.494 e. The summed E-state index contributed by atoms with van der Waals surface area (Å²) >= 11 is 5.84. The molecule has 0 saturated carbocycles. The molecule has 0 aliphatic rings. The van der Waals surface area contributed by atoms with Crippen molar-refractivity contribution >= 4 is 23.7 Å². The van der Waals surface area contributed by atoms with Crippen molar-refractivity contribution in [2.24, 2.45) is 5.10 Å². The summed E-state index contributed by atoms with van der Waals surface area (Å²) in [6, 6.07) is 14.7. The van der Waals surface area contributed by atoms with Crippen molar-refractivity contribution < 1.29 is 9.53 Å². The SMILES string of the molecule is CCOc1ccc(-c2n[nH]c(C(=O)N/N=C/c3ccc(Cl)cc3)c2C)cc1. The Morgan fingerprint density at radius 1 is 1.22 bits per heavy atom. The van der Waals surface area contributed by atoms with Gasteiger partial charge in [-0.05, 0) is 55.8 Å². The average Bonchev–Trinajstić information content (AvgIpc) is 3.06. The summed E-state index contributed by atoms with van der Waals surface area (Å²) in [6.07, 6.45) is 1.55. The summed E-state index contributed by atoms with van der Waals surface area (Å²) in [7, 11) is 0. The van der Waals surface area contributed by atoms with Gasteiger partial charge in [0, 0.05) is 16.1 Å². The minimum atomic E-state index is -0.359. The zero-order chi connectivity index (χ0) is 19.2. The Kier molecular flexibility index (Phi) is 5.88. The summed E-state index contributed by atoms with van der Waals surface area (Å²) < 4.78 is 5.44. The van der Waals surface area contributed by atoms with E-state index in [1.165, 1.54) is 0 Å². The quantitative estimate of drug-likeness (QED) is 0.495. The van der Waals surface area contributed by atoms with Crippen molar-refractivity contribution in [2.75, 3.05) is 6.61 Å². The predicted molar refractivity (Wildman–Crippen MR) is 106 cm³/mol. The number of halogens is 1. The van der Waals surface area contributed by atoms with Crippen LogP contribution in [-0.4, -0.2) is 28.9 Å². The van der Waals surface area contributed by atoms with Gasteiger partial charge in [0.15, 0.2) is 0 Å². The van der Waals surface area contributed by atoms with E-state index in [-0.39, 0.29) is 5.91 Å². The molecule has 0 aliphatic heterocycles. The van der Waals surface area contributed by atoms with E-state index in [4.69, 9.17) is 16.3 Å². The van der Waals surface area contributed by atoms with Crippen molar-refractivity contribution in [3.63, 3.8) is 0 Å². The summed E-state index contributed by atoms with van der Waals surface area (Å²) in [5.41, 5.74) is 6.06. The van der Waals surface area contributed by atoms with Crippen LogP contribution < -0.4 is 10.2 Å². The summed E-state index contributed by atoms with van der Waals surface area (Å²) in [4.78, 5) is 12.4. The smallest absolute Gasteiger partial charge is 0.289 e. The second-order valence-corrected chi connectivity index (χ2v) is 6.22. The van der Waals surface area contributed by atoms with Crippen LogP contribution in [0.1, 0.15) is 28.5 Å². The Morgan fingerprint density at radius 2 is 1.93 bits per heavy atom. The van der Waals surface area contributed by atoms with Crippen molar-refractivity contribution in [1.29, 1.82) is 0 Å². The van der Waals surface area contributed by atoms with Crippen molar-refractivity contribution in [3.8, 4) is 17.0 Å². The third-order valence-corrected chi connectivity index (χ3v) is 4.18. The van der Waals surface area contributed by atoms with Gasteiger partial charge in [-0.15, -0.1) is 0 Å². The van der Waals surface area contributed by atoms with Gasteiger partial charge in [0.05, 0.1) is 18.5 Å². The number of carbonyl (C=O) groups excluding carboxylic acids is 1. The molecule has 7 heteroatoms. The molecule has 0 spiro atoms. The number of hydrazone groups is 1. The number of aromatic amines is 1. The molecule has 0 bridgehead atoms. The number of benzene rings is 2. The zero-order valence-corrected chi connectivity index (χ0v) is 15.7. The maximum absolute atomic E-state index is 12.4. The van der Waals surface area contributed by atoms with Crippen molar-refractivity contribution in [2.45, 2.75) is 13.8 Å². The molecule has 0 unspecified atom stereocenters. The molecule has 6 nitrogen and oxygen atoms in total. The molecule has 0 aliphatic carbocycles. The maximum Gasteiger partial charge on any atom is 0.289 e. The van der Waals surface area contributed by atoms with Gasteiger partial charge in [0.2, 0.25) is 0 Å². The normalized spacial score (nSPS) is 10.9. The first kappa shape index (κ1) is 18.7. The third-order valence-electron chi connectivity index (χ3n) is 3.93. The molecule has 0 saturated heterocycles. The van der Waals surface area contributed by atoms with Gasteiger partial charge >= 0.3 is 0 Å². The van der Waals surface area contributed by atoms with E-state index in [1.54, 1.807) is 18.3 Å². The highest BCUT2D eigenvalue weighted by atomic mass is 35.5. The van der Waals surface area contributed by atoms with Gasteiger partial charge in [0.25, 0.3) is 5.91 Å². The lowest BCUT2D eigenvalue weighted by atomic mass is 10.1. The first-order valence-corrected chi connectivity index (χ1v) is 8.83. The zero-order valence-electron chi connectivity index (χ0n) is 15.0. The van der Waals surface area contributed by atoms with Crippen LogP contribution in [0.5, 0.6) is 5.75 Å². The lowest BCUT2D eigenvalue weighted by molar-refractivity contribution is 0.0949. The molecule has 0 radical (unpaired) electrons. The maximum atomic E-state index is 12.4. The van der Waals surface area contributed by atoms with Crippen LogP contribution in [0.25, 0.3) is 11.3 Å². The Labute approximate surface area is 162 Å². The average molecular weight is 383 g/mol. The van der Waals surface area contributed by atoms with E-state index < -0.39 is 0 Å². The second-order valence-electron chi connectivity index (χ2n) is 5.78. The van der Waals surface area contributed by atoms with Crippen LogP contribution in [0.3, 0.4) is 0 Å². The van der Waals surface area contributed by atoms with Gasteiger partial charge in [-0.3, -0.25) is 9.89 Å². The third kappa shape index (κ3) is 4.54. The molecular weight excluding hydrogens is 364 g/mol. The molecule has 0 fully saturated rings. The molecule has 3 rings (SSSR count). The number of carbonyl (C=O) groups is 1. The summed E-state index contributed by atoms with van der Waals surface area (Å²) in [6.45, 7) is 4.39.